The maximum absolute atomic E-state index is 9.54. The Morgan fingerprint density at radius 3 is 1.77 bits per heavy atom. The zero-order chi connectivity index (χ0) is 34.7. The van der Waals surface area contributed by atoms with Crippen LogP contribution in [0.15, 0.2) is 97.1 Å². The Hall–Kier alpha value is -2.53. The first-order valence-electron chi connectivity index (χ1n) is 17.1. The number of hydrogen-bond donors (Lipinski definition) is 1. The predicted octanol–water partition coefficient (Wildman–Crippen LogP) is 8.51. The number of aliphatic hydroxyl groups excluding tert-OH is 1. The molecule has 0 bridgehead atoms. The molecule has 7 heteroatoms. The summed E-state index contributed by atoms with van der Waals surface area (Å²) in [6.45, 7) is 21.8. The minimum Gasteiger partial charge on any atom is -0.497 e. The first-order chi connectivity index (χ1) is 22.1. The fourth-order valence-electron chi connectivity index (χ4n) is 5.88. The molecule has 0 unspecified atom stereocenters. The van der Waals surface area contributed by atoms with E-state index in [9.17, 15) is 5.11 Å². The lowest BCUT2D eigenvalue weighted by Gasteiger charge is -2.44. The molecule has 0 spiro atoms. The number of methoxy groups -OCH3 is 1. The number of benzene rings is 3. The smallest absolute Gasteiger partial charge is 0.261 e. The minimum absolute atomic E-state index is 0.00167. The van der Waals surface area contributed by atoms with Crippen LogP contribution in [0.3, 0.4) is 0 Å². The van der Waals surface area contributed by atoms with Crippen molar-refractivity contribution in [2.75, 3.05) is 20.3 Å². The average molecular weight is 677 g/mol. The van der Waals surface area contributed by atoms with Crippen molar-refractivity contribution in [1.82, 2.24) is 0 Å². The van der Waals surface area contributed by atoms with Crippen LogP contribution < -0.4 is 15.1 Å². The molecule has 0 aliphatic rings. The van der Waals surface area contributed by atoms with Crippen molar-refractivity contribution in [2.24, 2.45) is 5.92 Å². The number of aliphatic hydroxyl groups is 1. The number of ether oxygens (including phenoxy) is 2. The molecule has 0 amide bonds. The molecule has 3 aromatic rings. The van der Waals surface area contributed by atoms with Gasteiger partial charge in [-0.15, -0.1) is 0 Å². The van der Waals surface area contributed by atoms with Crippen LogP contribution in [-0.4, -0.2) is 54.3 Å². The molecule has 47 heavy (non-hydrogen) atoms. The summed E-state index contributed by atoms with van der Waals surface area (Å²) in [5, 5.41) is 12.1. The van der Waals surface area contributed by atoms with Gasteiger partial charge in [-0.3, -0.25) is 0 Å². The molecule has 0 aliphatic heterocycles. The third kappa shape index (κ3) is 10.5. The highest BCUT2D eigenvalue weighted by molar-refractivity contribution is 6.99. The van der Waals surface area contributed by atoms with Crippen molar-refractivity contribution < 1.29 is 23.4 Å². The summed E-state index contributed by atoms with van der Waals surface area (Å²) in [6, 6.07) is 29.7. The van der Waals surface area contributed by atoms with Crippen molar-refractivity contribution in [2.45, 2.75) is 103 Å². The van der Waals surface area contributed by atoms with Gasteiger partial charge in [-0.25, -0.2) is 0 Å². The molecule has 0 saturated heterocycles. The molecule has 0 aromatic heterocycles. The highest BCUT2D eigenvalue weighted by Crippen LogP contribution is 2.40. The van der Waals surface area contributed by atoms with Crippen molar-refractivity contribution >= 4 is 27.0 Å². The van der Waals surface area contributed by atoms with Crippen LogP contribution in [0, 0.1) is 5.92 Å². The Balaban J connectivity index is 1.95. The first-order valence-corrected chi connectivity index (χ1v) is 21.9. The molecule has 0 fully saturated rings. The van der Waals surface area contributed by atoms with E-state index in [4.69, 9.17) is 18.3 Å². The Labute approximate surface area is 287 Å². The van der Waals surface area contributed by atoms with Crippen molar-refractivity contribution in [1.29, 1.82) is 0 Å². The quantitative estimate of drug-likeness (QED) is 0.115. The van der Waals surface area contributed by atoms with Crippen molar-refractivity contribution in [3.05, 3.63) is 103 Å². The number of hydrogen-bond acceptors (Lipinski definition) is 5. The van der Waals surface area contributed by atoms with E-state index in [1.807, 2.05) is 30.3 Å². The molecule has 5 nitrogen and oxygen atoms in total. The van der Waals surface area contributed by atoms with Crippen LogP contribution in [-0.2, 0) is 20.2 Å². The third-order valence-corrected chi connectivity index (χ3v) is 19.1. The Morgan fingerprint density at radius 2 is 1.30 bits per heavy atom. The second-order valence-corrected chi connectivity index (χ2v) is 24.4. The van der Waals surface area contributed by atoms with Gasteiger partial charge in [0.05, 0.1) is 32.5 Å². The molecule has 3 rings (SSSR count). The van der Waals surface area contributed by atoms with Crippen LogP contribution in [0.1, 0.15) is 66.9 Å². The Kier molecular flexibility index (Phi) is 14.3. The fourth-order valence-corrected chi connectivity index (χ4v) is 11.9. The lowest BCUT2D eigenvalue weighted by atomic mass is 9.99. The van der Waals surface area contributed by atoms with E-state index >= 15 is 0 Å². The molecular formula is C40H60O5Si2. The predicted molar refractivity (Wildman–Crippen MR) is 202 cm³/mol. The van der Waals surface area contributed by atoms with E-state index < -0.39 is 16.6 Å². The molecule has 0 radical (unpaired) electrons. The summed E-state index contributed by atoms with van der Waals surface area (Å²) >= 11 is 0. The Morgan fingerprint density at radius 1 is 0.745 bits per heavy atom. The molecule has 3 atom stereocenters. The van der Waals surface area contributed by atoms with E-state index in [0.29, 0.717) is 19.6 Å². The zero-order valence-electron chi connectivity index (χ0n) is 30.6. The van der Waals surface area contributed by atoms with Crippen LogP contribution in [0.2, 0.25) is 23.2 Å². The molecule has 0 heterocycles. The second kappa shape index (κ2) is 17.2. The van der Waals surface area contributed by atoms with E-state index in [1.165, 1.54) is 10.4 Å². The number of rotatable bonds is 17. The third-order valence-electron chi connectivity index (χ3n) is 9.57. The van der Waals surface area contributed by atoms with Gasteiger partial charge in [-0.05, 0) is 70.0 Å². The van der Waals surface area contributed by atoms with Gasteiger partial charge < -0.3 is 23.4 Å². The Bertz CT molecular complexity index is 1310. The van der Waals surface area contributed by atoms with Crippen LogP contribution in [0.25, 0.3) is 0 Å². The van der Waals surface area contributed by atoms with E-state index in [1.54, 1.807) is 13.2 Å². The maximum atomic E-state index is 9.54. The molecular weight excluding hydrogens is 617 g/mol. The molecule has 258 valence electrons. The SMILES string of the molecule is COc1ccc(CO[C@@H](C/C=C/CO)[C@H](C[C@@H](C)CO[Si](c2ccccc2)(c2ccccc2)C(C)(C)C)O[Si](C)(C)C(C)(C)C)cc1. The first kappa shape index (κ1) is 38.9. The molecule has 0 aliphatic carbocycles. The van der Waals surface area contributed by atoms with E-state index in [2.05, 4.69) is 122 Å². The summed E-state index contributed by atoms with van der Waals surface area (Å²) < 4.78 is 26.6. The highest BCUT2D eigenvalue weighted by Gasteiger charge is 2.50. The lowest BCUT2D eigenvalue weighted by Crippen LogP contribution is -2.66. The summed E-state index contributed by atoms with van der Waals surface area (Å²) in [7, 11) is -3.16. The van der Waals surface area contributed by atoms with Crippen molar-refractivity contribution in [3.8, 4) is 5.75 Å². The van der Waals surface area contributed by atoms with Gasteiger partial charge in [0, 0.05) is 6.61 Å². The lowest BCUT2D eigenvalue weighted by molar-refractivity contribution is -0.0475. The monoisotopic (exact) mass is 676 g/mol. The van der Waals surface area contributed by atoms with E-state index in [-0.39, 0.29) is 34.8 Å². The minimum atomic E-state index is -2.67. The van der Waals surface area contributed by atoms with Crippen LogP contribution in [0.5, 0.6) is 5.75 Å². The van der Waals surface area contributed by atoms with Gasteiger partial charge in [-0.1, -0.05) is 133 Å². The maximum Gasteiger partial charge on any atom is 0.261 e. The second-order valence-electron chi connectivity index (χ2n) is 15.3. The fraction of sp³-hybridized carbons (Fsp3) is 0.500. The average Bonchev–Trinajstić information content (AvgIpc) is 3.02. The van der Waals surface area contributed by atoms with Crippen LogP contribution in [0.4, 0.5) is 0 Å². The topological polar surface area (TPSA) is 57.2 Å². The molecule has 0 saturated carbocycles. The largest absolute Gasteiger partial charge is 0.497 e. The normalized spacial score (nSPS) is 15.0. The van der Waals surface area contributed by atoms with Gasteiger partial charge >= 0.3 is 0 Å². The van der Waals surface area contributed by atoms with Crippen molar-refractivity contribution in [3.63, 3.8) is 0 Å². The van der Waals surface area contributed by atoms with Gasteiger partial charge in [-0.2, -0.15) is 0 Å². The highest BCUT2D eigenvalue weighted by atomic mass is 28.4. The van der Waals surface area contributed by atoms with E-state index in [0.717, 1.165) is 17.7 Å². The van der Waals surface area contributed by atoms with Gasteiger partial charge in [0.2, 0.25) is 0 Å². The molecule has 1 N–H and O–H groups in total. The summed E-state index contributed by atoms with van der Waals surface area (Å²) in [5.41, 5.74) is 1.08. The summed E-state index contributed by atoms with van der Waals surface area (Å²) in [6.07, 6.45) is 4.93. The summed E-state index contributed by atoms with van der Waals surface area (Å²) in [5.74, 6) is 1.03. The van der Waals surface area contributed by atoms with Gasteiger partial charge in [0.15, 0.2) is 8.32 Å². The van der Waals surface area contributed by atoms with Crippen LogP contribution >= 0.6 is 0 Å². The van der Waals surface area contributed by atoms with Gasteiger partial charge in [0.1, 0.15) is 5.75 Å². The standard InChI is InChI=1S/C40H60O5Si2/c1-32(30-44-47(40(5,6)7,35-19-13-11-14-20-35)36-21-15-12-16-22-36)29-38(45-46(9,10)39(2,3)4)37(23-17-18-28-41)43-31-33-24-26-34(42-8)27-25-33/h11-22,24-27,32,37-38,41H,23,28-31H2,1-10H3/b18-17+/t32-,37+,38+/m1/s1. The molecule has 3 aromatic carbocycles. The zero-order valence-corrected chi connectivity index (χ0v) is 32.6. The van der Waals surface area contributed by atoms with Gasteiger partial charge in [0.25, 0.3) is 8.32 Å². The summed E-state index contributed by atoms with van der Waals surface area (Å²) in [4.78, 5) is 0.